The Hall–Kier alpha value is -3.34. The first kappa shape index (κ1) is 15.6. The molecule has 0 atom stereocenters. The van der Waals surface area contributed by atoms with Crippen LogP contribution in [0.3, 0.4) is 0 Å². The summed E-state index contributed by atoms with van der Waals surface area (Å²) in [5.41, 5.74) is 1.56. The van der Waals surface area contributed by atoms with E-state index in [2.05, 4.69) is 5.32 Å². The lowest BCUT2D eigenvalue weighted by Crippen LogP contribution is -2.07. The number of rotatable bonds is 4. The first-order chi connectivity index (χ1) is 11.6. The number of methoxy groups -OCH3 is 1. The van der Waals surface area contributed by atoms with Crippen LogP contribution in [0.25, 0.3) is 17.0 Å². The molecule has 3 aromatic rings. The molecule has 120 valence electrons. The van der Waals surface area contributed by atoms with Crippen molar-refractivity contribution in [2.24, 2.45) is 0 Å². The molecule has 0 spiro atoms. The van der Waals surface area contributed by atoms with Crippen LogP contribution in [0, 0.1) is 0 Å². The van der Waals surface area contributed by atoms with Gasteiger partial charge in [0.1, 0.15) is 11.3 Å². The van der Waals surface area contributed by atoms with Crippen molar-refractivity contribution in [3.8, 4) is 5.75 Å². The minimum Gasteiger partial charge on any atom is -0.497 e. The Morgan fingerprint density at radius 2 is 2.00 bits per heavy atom. The molecule has 5 heteroatoms. The van der Waals surface area contributed by atoms with E-state index in [-0.39, 0.29) is 5.91 Å². The third-order valence-electron chi connectivity index (χ3n) is 3.41. The first-order valence-electron chi connectivity index (χ1n) is 7.31. The Morgan fingerprint density at radius 3 is 2.83 bits per heavy atom. The number of fused-ring (bicyclic) bond motifs is 1. The molecule has 3 rings (SSSR count). The Morgan fingerprint density at radius 1 is 1.12 bits per heavy atom. The fourth-order valence-electron chi connectivity index (χ4n) is 2.25. The second-order valence-corrected chi connectivity index (χ2v) is 5.11. The Kier molecular flexibility index (Phi) is 4.43. The summed E-state index contributed by atoms with van der Waals surface area (Å²) in [5, 5.41) is 3.51. The molecule has 2 aromatic carbocycles. The number of nitrogens with one attached hydrogen (secondary N) is 1. The second-order valence-electron chi connectivity index (χ2n) is 5.11. The van der Waals surface area contributed by atoms with Crippen LogP contribution in [0.1, 0.15) is 5.56 Å². The maximum Gasteiger partial charge on any atom is 0.336 e. The number of hydrogen-bond acceptors (Lipinski definition) is 4. The topological polar surface area (TPSA) is 68.5 Å². The highest BCUT2D eigenvalue weighted by atomic mass is 16.5. The minimum absolute atomic E-state index is 0.255. The molecule has 0 fully saturated rings. The Labute approximate surface area is 138 Å². The lowest BCUT2D eigenvalue weighted by Gasteiger charge is -2.04. The highest BCUT2D eigenvalue weighted by Crippen LogP contribution is 2.18. The molecule has 5 nitrogen and oxygen atoms in total. The molecular weight excluding hydrogens is 306 g/mol. The van der Waals surface area contributed by atoms with Gasteiger partial charge in [0.25, 0.3) is 0 Å². The van der Waals surface area contributed by atoms with E-state index in [1.165, 1.54) is 12.1 Å². The molecule has 0 aliphatic heterocycles. The normalized spacial score (nSPS) is 10.9. The van der Waals surface area contributed by atoms with Crippen molar-refractivity contribution in [3.63, 3.8) is 0 Å². The van der Waals surface area contributed by atoms with Crippen LogP contribution in [0.2, 0.25) is 0 Å². The number of ether oxygens (including phenoxy) is 1. The molecule has 0 unspecified atom stereocenters. The van der Waals surface area contributed by atoms with Crippen LogP contribution in [-0.4, -0.2) is 13.0 Å². The van der Waals surface area contributed by atoms with Gasteiger partial charge in [0.2, 0.25) is 5.91 Å². The summed E-state index contributed by atoms with van der Waals surface area (Å²) in [4.78, 5) is 23.2. The smallest absolute Gasteiger partial charge is 0.336 e. The maximum atomic E-state index is 12.0. The standard InChI is InChI=1S/C19H15NO4/c1-23-16-4-2-3-13(11-16)5-9-18(21)20-15-7-8-17-14(12-15)6-10-19(22)24-17/h2-12H,1H3,(H,20,21)/b9-5+. The van der Waals surface area contributed by atoms with E-state index in [0.717, 1.165) is 16.7 Å². The highest BCUT2D eigenvalue weighted by molar-refractivity contribution is 6.02. The first-order valence-corrected chi connectivity index (χ1v) is 7.31. The van der Waals surface area contributed by atoms with E-state index >= 15 is 0 Å². The summed E-state index contributed by atoms with van der Waals surface area (Å²) in [6, 6.07) is 15.5. The molecular formula is C19H15NO4. The number of anilines is 1. The summed E-state index contributed by atoms with van der Waals surface area (Å²) in [7, 11) is 1.59. The van der Waals surface area contributed by atoms with Gasteiger partial charge in [-0.25, -0.2) is 4.79 Å². The van der Waals surface area contributed by atoms with Crippen LogP contribution in [0.5, 0.6) is 5.75 Å². The molecule has 0 radical (unpaired) electrons. The summed E-state index contributed by atoms with van der Waals surface area (Å²) < 4.78 is 10.2. The van der Waals surface area contributed by atoms with E-state index < -0.39 is 5.63 Å². The van der Waals surface area contributed by atoms with E-state index in [0.29, 0.717) is 11.3 Å². The van der Waals surface area contributed by atoms with Gasteiger partial charge in [-0.1, -0.05) is 12.1 Å². The van der Waals surface area contributed by atoms with Crippen LogP contribution in [-0.2, 0) is 4.79 Å². The molecule has 1 heterocycles. The Balaban J connectivity index is 1.73. The number of carbonyl (C=O) groups is 1. The van der Waals surface area contributed by atoms with E-state index in [1.807, 2.05) is 24.3 Å². The summed E-state index contributed by atoms with van der Waals surface area (Å²) in [5.74, 6) is 0.475. The maximum absolute atomic E-state index is 12.0. The molecule has 24 heavy (non-hydrogen) atoms. The highest BCUT2D eigenvalue weighted by Gasteiger charge is 2.02. The van der Waals surface area contributed by atoms with Crippen molar-refractivity contribution in [2.75, 3.05) is 12.4 Å². The van der Waals surface area contributed by atoms with Gasteiger partial charge in [-0.3, -0.25) is 4.79 Å². The van der Waals surface area contributed by atoms with Crippen molar-refractivity contribution in [3.05, 3.63) is 76.7 Å². The predicted molar refractivity (Wildman–Crippen MR) is 93.1 cm³/mol. The van der Waals surface area contributed by atoms with Gasteiger partial charge in [0.05, 0.1) is 7.11 Å². The lowest BCUT2D eigenvalue weighted by atomic mass is 10.2. The van der Waals surface area contributed by atoms with Gasteiger partial charge >= 0.3 is 5.63 Å². The van der Waals surface area contributed by atoms with Crippen molar-refractivity contribution in [1.82, 2.24) is 0 Å². The van der Waals surface area contributed by atoms with Gasteiger partial charge in [0, 0.05) is 23.2 Å². The summed E-state index contributed by atoms with van der Waals surface area (Å²) >= 11 is 0. The van der Waals surface area contributed by atoms with Crippen molar-refractivity contribution in [1.29, 1.82) is 0 Å². The van der Waals surface area contributed by atoms with Crippen molar-refractivity contribution in [2.45, 2.75) is 0 Å². The average molecular weight is 321 g/mol. The zero-order valence-corrected chi connectivity index (χ0v) is 13.0. The van der Waals surface area contributed by atoms with Crippen LogP contribution >= 0.6 is 0 Å². The number of benzene rings is 2. The van der Waals surface area contributed by atoms with Crippen LogP contribution in [0.15, 0.2) is 69.9 Å². The van der Waals surface area contributed by atoms with Crippen molar-refractivity contribution < 1.29 is 13.9 Å². The van der Waals surface area contributed by atoms with E-state index in [4.69, 9.17) is 9.15 Å². The molecule has 1 N–H and O–H groups in total. The van der Waals surface area contributed by atoms with Gasteiger partial charge in [0.15, 0.2) is 0 Å². The van der Waals surface area contributed by atoms with E-state index in [1.54, 1.807) is 37.5 Å². The second kappa shape index (κ2) is 6.83. The molecule has 0 saturated heterocycles. The fourth-order valence-corrected chi connectivity index (χ4v) is 2.25. The van der Waals surface area contributed by atoms with Gasteiger partial charge in [-0.2, -0.15) is 0 Å². The molecule has 1 aromatic heterocycles. The van der Waals surface area contributed by atoms with Gasteiger partial charge in [-0.15, -0.1) is 0 Å². The average Bonchev–Trinajstić information content (AvgIpc) is 2.60. The third kappa shape index (κ3) is 3.70. The molecule has 1 amide bonds. The van der Waals surface area contributed by atoms with E-state index in [9.17, 15) is 9.59 Å². The minimum atomic E-state index is -0.402. The molecule has 0 aliphatic rings. The lowest BCUT2D eigenvalue weighted by molar-refractivity contribution is -0.111. The quantitative estimate of drug-likeness (QED) is 0.590. The zero-order valence-electron chi connectivity index (χ0n) is 13.0. The monoisotopic (exact) mass is 321 g/mol. The van der Waals surface area contributed by atoms with Crippen molar-refractivity contribution >= 4 is 28.6 Å². The molecule has 0 aliphatic carbocycles. The zero-order chi connectivity index (χ0) is 16.9. The Bertz CT molecular complexity index is 972. The number of hydrogen-bond donors (Lipinski definition) is 1. The summed E-state index contributed by atoms with van der Waals surface area (Å²) in [6.45, 7) is 0. The van der Waals surface area contributed by atoms with Gasteiger partial charge < -0.3 is 14.5 Å². The van der Waals surface area contributed by atoms with Crippen LogP contribution < -0.4 is 15.7 Å². The number of amides is 1. The number of carbonyl (C=O) groups excluding carboxylic acids is 1. The van der Waals surface area contributed by atoms with Gasteiger partial charge in [-0.05, 0) is 48.0 Å². The SMILES string of the molecule is COc1cccc(/C=C/C(=O)Nc2ccc3oc(=O)ccc3c2)c1. The largest absolute Gasteiger partial charge is 0.497 e. The fraction of sp³-hybridized carbons (Fsp3) is 0.0526. The molecule has 0 bridgehead atoms. The molecule has 0 saturated carbocycles. The third-order valence-corrected chi connectivity index (χ3v) is 3.41. The summed E-state index contributed by atoms with van der Waals surface area (Å²) in [6.07, 6.45) is 3.15. The predicted octanol–water partition coefficient (Wildman–Crippen LogP) is 3.45. The van der Waals surface area contributed by atoms with Crippen LogP contribution in [0.4, 0.5) is 5.69 Å².